The molecule has 0 aromatic carbocycles. The van der Waals surface area contributed by atoms with Crippen molar-refractivity contribution in [3.63, 3.8) is 0 Å². The van der Waals surface area contributed by atoms with Gasteiger partial charge in [0, 0.05) is 18.0 Å². The summed E-state index contributed by atoms with van der Waals surface area (Å²) >= 11 is 1.28. The maximum absolute atomic E-state index is 12.5. The highest BCUT2D eigenvalue weighted by Crippen LogP contribution is 2.29. The van der Waals surface area contributed by atoms with Crippen LogP contribution in [0.3, 0.4) is 0 Å². The van der Waals surface area contributed by atoms with Crippen LogP contribution in [-0.4, -0.2) is 30.9 Å². The molecule has 4 nitrogen and oxygen atoms in total. The summed E-state index contributed by atoms with van der Waals surface area (Å²) in [5.41, 5.74) is 0. The number of hydrogen-bond donors (Lipinski definition) is 1. The molecule has 0 unspecified atom stereocenters. The van der Waals surface area contributed by atoms with Crippen LogP contribution in [0.15, 0.2) is 16.3 Å². The van der Waals surface area contributed by atoms with E-state index in [2.05, 4.69) is 0 Å². The Morgan fingerprint density at radius 3 is 2.67 bits per heavy atom. The second kappa shape index (κ2) is 5.69. The van der Waals surface area contributed by atoms with Crippen LogP contribution >= 0.6 is 11.3 Å². The van der Waals surface area contributed by atoms with Crippen molar-refractivity contribution < 1.29 is 13.5 Å². The van der Waals surface area contributed by atoms with E-state index in [1.165, 1.54) is 22.1 Å². The lowest BCUT2D eigenvalue weighted by molar-refractivity contribution is 0.277. The molecular formula is C12H19NO3S2. The molecule has 0 bridgehead atoms. The fraction of sp³-hybridized carbons (Fsp3) is 0.667. The van der Waals surface area contributed by atoms with Gasteiger partial charge in [0.25, 0.3) is 0 Å². The smallest absolute Gasteiger partial charge is 0.244 e. The summed E-state index contributed by atoms with van der Waals surface area (Å²) in [7, 11) is -1.80. The van der Waals surface area contributed by atoms with Crippen molar-refractivity contribution in [1.82, 2.24) is 4.31 Å². The van der Waals surface area contributed by atoms with Crippen LogP contribution < -0.4 is 0 Å². The highest BCUT2D eigenvalue weighted by Gasteiger charge is 2.30. The van der Waals surface area contributed by atoms with Crippen LogP contribution in [-0.2, 0) is 16.6 Å². The lowest BCUT2D eigenvalue weighted by atomic mass is 9.96. The minimum Gasteiger partial charge on any atom is -0.391 e. The Hall–Kier alpha value is -0.430. The molecule has 1 aromatic rings. The molecule has 0 saturated heterocycles. The van der Waals surface area contributed by atoms with Crippen LogP contribution in [0.5, 0.6) is 0 Å². The van der Waals surface area contributed by atoms with Crippen molar-refractivity contribution in [3.8, 4) is 0 Å². The Balaban J connectivity index is 2.24. The fourth-order valence-corrected chi connectivity index (χ4v) is 5.15. The van der Waals surface area contributed by atoms with E-state index < -0.39 is 10.0 Å². The molecule has 0 amide bonds. The van der Waals surface area contributed by atoms with E-state index in [0.717, 1.165) is 25.7 Å². The normalized spacial score (nSPS) is 18.4. The van der Waals surface area contributed by atoms with Gasteiger partial charge >= 0.3 is 0 Å². The maximum atomic E-state index is 12.5. The SMILES string of the molecule is CN(C1CCCCC1)S(=O)(=O)c1ccsc1CO. The maximum Gasteiger partial charge on any atom is 0.244 e. The zero-order valence-corrected chi connectivity index (χ0v) is 12.1. The van der Waals surface area contributed by atoms with Gasteiger partial charge in [-0.2, -0.15) is 4.31 Å². The van der Waals surface area contributed by atoms with Crippen molar-refractivity contribution in [2.75, 3.05) is 7.05 Å². The Labute approximate surface area is 112 Å². The van der Waals surface area contributed by atoms with Crippen LogP contribution in [0, 0.1) is 0 Å². The van der Waals surface area contributed by atoms with E-state index in [4.69, 9.17) is 0 Å². The fourth-order valence-electron chi connectivity index (χ4n) is 2.47. The molecule has 0 aliphatic heterocycles. The topological polar surface area (TPSA) is 57.6 Å². The van der Waals surface area contributed by atoms with Crippen molar-refractivity contribution in [2.45, 2.75) is 49.6 Å². The summed E-state index contributed by atoms with van der Waals surface area (Å²) in [6.45, 7) is -0.218. The molecule has 1 aliphatic carbocycles. The molecule has 1 saturated carbocycles. The predicted octanol–water partition coefficient (Wildman–Crippen LogP) is 2.19. The number of aliphatic hydroxyl groups is 1. The van der Waals surface area contributed by atoms with E-state index in [9.17, 15) is 13.5 Å². The number of thiophene rings is 1. The first-order chi connectivity index (χ1) is 8.57. The summed E-state index contributed by atoms with van der Waals surface area (Å²) in [6, 6.07) is 1.69. The van der Waals surface area contributed by atoms with Crippen LogP contribution in [0.2, 0.25) is 0 Å². The summed E-state index contributed by atoms with van der Waals surface area (Å²) in [5, 5.41) is 10.9. The molecule has 0 atom stereocenters. The molecule has 0 radical (unpaired) electrons. The van der Waals surface area contributed by atoms with Gasteiger partial charge in [-0.05, 0) is 24.3 Å². The summed E-state index contributed by atoms with van der Waals surface area (Å²) in [6.07, 6.45) is 5.27. The summed E-state index contributed by atoms with van der Waals surface area (Å²) in [5.74, 6) is 0. The first-order valence-corrected chi connectivity index (χ1v) is 8.54. The highest BCUT2D eigenvalue weighted by molar-refractivity contribution is 7.89. The molecule has 18 heavy (non-hydrogen) atoms. The molecule has 1 aliphatic rings. The number of hydrogen-bond acceptors (Lipinski definition) is 4. The van der Waals surface area contributed by atoms with Gasteiger partial charge in [-0.3, -0.25) is 0 Å². The predicted molar refractivity (Wildman–Crippen MR) is 72.1 cm³/mol. The average Bonchev–Trinajstić information content (AvgIpc) is 2.88. The molecule has 1 aromatic heterocycles. The van der Waals surface area contributed by atoms with E-state index in [1.807, 2.05) is 0 Å². The van der Waals surface area contributed by atoms with Gasteiger partial charge < -0.3 is 5.11 Å². The number of nitrogens with zero attached hydrogens (tertiary/aromatic N) is 1. The van der Waals surface area contributed by atoms with Gasteiger partial charge in [-0.25, -0.2) is 8.42 Å². The van der Waals surface area contributed by atoms with Crippen molar-refractivity contribution in [3.05, 3.63) is 16.3 Å². The molecule has 102 valence electrons. The van der Waals surface area contributed by atoms with Gasteiger partial charge in [0.05, 0.1) is 11.5 Å². The second-order valence-corrected chi connectivity index (χ2v) is 7.65. The largest absolute Gasteiger partial charge is 0.391 e. The van der Waals surface area contributed by atoms with Gasteiger partial charge in [-0.15, -0.1) is 11.3 Å². The first kappa shape index (κ1) is 14.0. The van der Waals surface area contributed by atoms with E-state index >= 15 is 0 Å². The van der Waals surface area contributed by atoms with Gasteiger partial charge in [-0.1, -0.05) is 19.3 Å². The van der Waals surface area contributed by atoms with Crippen LogP contribution in [0.1, 0.15) is 37.0 Å². The molecule has 1 N–H and O–H groups in total. The first-order valence-electron chi connectivity index (χ1n) is 6.22. The van der Waals surface area contributed by atoms with Crippen LogP contribution in [0.4, 0.5) is 0 Å². The van der Waals surface area contributed by atoms with Crippen molar-refractivity contribution in [2.24, 2.45) is 0 Å². The Kier molecular flexibility index (Phi) is 4.42. The average molecular weight is 289 g/mol. The number of rotatable bonds is 4. The minimum absolute atomic E-state index is 0.107. The van der Waals surface area contributed by atoms with Crippen LogP contribution in [0.25, 0.3) is 0 Å². The third-order valence-corrected chi connectivity index (χ3v) is 6.62. The molecule has 6 heteroatoms. The molecule has 1 fully saturated rings. The Bertz CT molecular complexity index is 489. The van der Waals surface area contributed by atoms with Gasteiger partial charge in [0.1, 0.15) is 0 Å². The standard InChI is InChI=1S/C12H19NO3S2/c1-13(10-5-3-2-4-6-10)18(15,16)12-7-8-17-11(12)9-14/h7-8,10,14H,2-6,9H2,1H3. The lowest BCUT2D eigenvalue weighted by Gasteiger charge is -2.30. The third kappa shape index (κ3) is 2.61. The zero-order valence-electron chi connectivity index (χ0n) is 10.5. The highest BCUT2D eigenvalue weighted by atomic mass is 32.2. The van der Waals surface area contributed by atoms with E-state index in [0.29, 0.717) is 4.88 Å². The Morgan fingerprint density at radius 2 is 2.06 bits per heavy atom. The Morgan fingerprint density at radius 1 is 1.39 bits per heavy atom. The van der Waals surface area contributed by atoms with E-state index in [-0.39, 0.29) is 17.5 Å². The summed E-state index contributed by atoms with van der Waals surface area (Å²) < 4.78 is 26.5. The molecule has 1 heterocycles. The number of sulfonamides is 1. The quantitative estimate of drug-likeness (QED) is 0.924. The summed E-state index contributed by atoms with van der Waals surface area (Å²) in [4.78, 5) is 0.792. The third-order valence-electron chi connectivity index (χ3n) is 3.59. The van der Waals surface area contributed by atoms with Crippen molar-refractivity contribution >= 4 is 21.4 Å². The zero-order chi connectivity index (χ0) is 13.2. The second-order valence-electron chi connectivity index (χ2n) is 4.68. The van der Waals surface area contributed by atoms with E-state index in [1.54, 1.807) is 18.5 Å². The minimum atomic E-state index is -3.45. The molecular weight excluding hydrogens is 270 g/mol. The van der Waals surface area contributed by atoms with Crippen molar-refractivity contribution in [1.29, 1.82) is 0 Å². The molecule has 0 spiro atoms. The monoisotopic (exact) mass is 289 g/mol. The number of aliphatic hydroxyl groups excluding tert-OH is 1. The lowest BCUT2D eigenvalue weighted by Crippen LogP contribution is -2.38. The van der Waals surface area contributed by atoms with Gasteiger partial charge in [0.2, 0.25) is 10.0 Å². The molecule has 2 rings (SSSR count). The van der Waals surface area contributed by atoms with Gasteiger partial charge in [0.15, 0.2) is 0 Å².